The molecule has 0 radical (unpaired) electrons. The quantitative estimate of drug-likeness (QED) is 0.432. The number of esters is 2. The monoisotopic (exact) mass is 318 g/mol. The average molecular weight is 318 g/mol. The molecule has 0 heterocycles. The summed E-state index contributed by atoms with van der Waals surface area (Å²) >= 11 is 0. The van der Waals surface area contributed by atoms with Gasteiger partial charge in [-0.05, 0) is 26.7 Å². The second-order valence-corrected chi connectivity index (χ2v) is 5.00. The predicted octanol–water partition coefficient (Wildman–Crippen LogP) is 1.36. The third-order valence-electron chi connectivity index (χ3n) is 2.60. The highest BCUT2D eigenvalue weighted by atomic mass is 16.5. The van der Waals surface area contributed by atoms with Crippen LogP contribution < -0.4 is 0 Å². The fourth-order valence-corrected chi connectivity index (χ4v) is 1.68. The van der Waals surface area contributed by atoms with Gasteiger partial charge in [0.2, 0.25) is 0 Å². The Kier molecular flexibility index (Phi) is 9.56. The predicted molar refractivity (Wildman–Crippen MR) is 74.1 cm³/mol. The molecule has 0 aromatic rings. The highest BCUT2D eigenvalue weighted by Crippen LogP contribution is 2.07. The van der Waals surface area contributed by atoms with E-state index >= 15 is 0 Å². The van der Waals surface area contributed by atoms with E-state index in [1.165, 1.54) is 13.8 Å². The van der Waals surface area contributed by atoms with Crippen molar-refractivity contribution in [2.75, 3.05) is 0 Å². The fourth-order valence-electron chi connectivity index (χ4n) is 1.68. The second kappa shape index (κ2) is 10.6. The van der Waals surface area contributed by atoms with Gasteiger partial charge >= 0.3 is 23.9 Å². The van der Waals surface area contributed by atoms with Crippen LogP contribution in [0.15, 0.2) is 0 Å². The molecule has 0 aliphatic rings. The highest BCUT2D eigenvalue weighted by Gasteiger charge is 2.14. The minimum atomic E-state index is -1.04. The zero-order valence-electron chi connectivity index (χ0n) is 12.7. The molecule has 0 aromatic heterocycles. The first-order chi connectivity index (χ1) is 10.2. The van der Waals surface area contributed by atoms with Crippen molar-refractivity contribution in [3.05, 3.63) is 0 Å². The van der Waals surface area contributed by atoms with Gasteiger partial charge in [0.25, 0.3) is 0 Å². The Labute approximate surface area is 128 Å². The van der Waals surface area contributed by atoms with Crippen molar-refractivity contribution in [2.45, 2.75) is 64.6 Å². The Morgan fingerprint density at radius 3 is 1.36 bits per heavy atom. The van der Waals surface area contributed by atoms with Gasteiger partial charge < -0.3 is 19.7 Å². The Hall–Kier alpha value is -2.12. The molecule has 0 saturated heterocycles. The van der Waals surface area contributed by atoms with Gasteiger partial charge in [-0.25, -0.2) is 0 Å². The molecule has 0 bridgehead atoms. The van der Waals surface area contributed by atoms with E-state index in [4.69, 9.17) is 19.7 Å². The third-order valence-corrected chi connectivity index (χ3v) is 2.60. The normalized spacial score (nSPS) is 13.0. The zero-order chi connectivity index (χ0) is 17.1. The van der Waals surface area contributed by atoms with Gasteiger partial charge in [0.1, 0.15) is 12.2 Å². The second-order valence-electron chi connectivity index (χ2n) is 5.00. The van der Waals surface area contributed by atoms with E-state index < -0.39 is 36.1 Å². The van der Waals surface area contributed by atoms with Gasteiger partial charge in [-0.2, -0.15) is 0 Å². The number of hydrogen-bond donors (Lipinski definition) is 2. The van der Waals surface area contributed by atoms with Crippen LogP contribution in [0.4, 0.5) is 0 Å². The Bertz CT molecular complexity index is 366. The Balaban J connectivity index is 3.74. The maximum atomic E-state index is 11.4. The van der Waals surface area contributed by atoms with Crippen LogP contribution in [-0.4, -0.2) is 46.3 Å². The lowest BCUT2D eigenvalue weighted by atomic mass is 10.2. The van der Waals surface area contributed by atoms with Crippen LogP contribution in [0.25, 0.3) is 0 Å². The summed E-state index contributed by atoms with van der Waals surface area (Å²) in [5.74, 6) is -3.11. The van der Waals surface area contributed by atoms with E-state index in [0.717, 1.165) is 0 Å². The van der Waals surface area contributed by atoms with Gasteiger partial charge in [0.15, 0.2) is 0 Å². The summed E-state index contributed by atoms with van der Waals surface area (Å²) in [6, 6.07) is 0. The van der Waals surface area contributed by atoms with E-state index in [1.807, 2.05) is 0 Å². The van der Waals surface area contributed by atoms with Crippen LogP contribution >= 0.6 is 0 Å². The molecule has 0 amide bonds. The number of hydrogen-bond acceptors (Lipinski definition) is 6. The molecule has 0 aliphatic carbocycles. The van der Waals surface area contributed by atoms with Crippen LogP contribution in [0.5, 0.6) is 0 Å². The van der Waals surface area contributed by atoms with E-state index in [9.17, 15) is 19.2 Å². The van der Waals surface area contributed by atoms with Crippen molar-refractivity contribution < 1.29 is 38.9 Å². The molecule has 2 unspecified atom stereocenters. The van der Waals surface area contributed by atoms with E-state index in [1.54, 1.807) is 0 Å². The van der Waals surface area contributed by atoms with Crippen molar-refractivity contribution in [2.24, 2.45) is 0 Å². The summed E-state index contributed by atoms with van der Waals surface area (Å²) < 4.78 is 9.75. The van der Waals surface area contributed by atoms with Crippen LogP contribution in [0.1, 0.15) is 52.4 Å². The highest BCUT2D eigenvalue weighted by molar-refractivity contribution is 5.72. The molecule has 0 fully saturated rings. The number of aliphatic carboxylic acids is 2. The van der Waals surface area contributed by atoms with Gasteiger partial charge in [0.05, 0.1) is 12.8 Å². The molecule has 2 atom stereocenters. The van der Waals surface area contributed by atoms with Gasteiger partial charge in [0, 0.05) is 12.8 Å². The summed E-state index contributed by atoms with van der Waals surface area (Å²) in [6.07, 6.45) is -0.899. The molecule has 0 aromatic carbocycles. The third kappa shape index (κ3) is 11.7. The number of carbonyl (C=O) groups excluding carboxylic acids is 2. The van der Waals surface area contributed by atoms with Crippen molar-refractivity contribution in [1.29, 1.82) is 0 Å². The molecule has 8 nitrogen and oxygen atoms in total. The summed E-state index contributed by atoms with van der Waals surface area (Å²) in [5, 5.41) is 17.0. The maximum Gasteiger partial charge on any atom is 0.307 e. The van der Waals surface area contributed by atoms with E-state index in [2.05, 4.69) is 0 Å². The molecular formula is C14H22O8. The molecular weight excluding hydrogens is 296 g/mol. The van der Waals surface area contributed by atoms with Crippen molar-refractivity contribution in [1.82, 2.24) is 0 Å². The lowest BCUT2D eigenvalue weighted by molar-refractivity contribution is -0.154. The van der Waals surface area contributed by atoms with Gasteiger partial charge in [-0.15, -0.1) is 0 Å². The summed E-state index contributed by atoms with van der Waals surface area (Å²) in [6.45, 7) is 2.99. The minimum Gasteiger partial charge on any atom is -0.481 e. The molecule has 0 spiro atoms. The van der Waals surface area contributed by atoms with Crippen LogP contribution in [0.3, 0.4) is 0 Å². The molecule has 126 valence electrons. The minimum absolute atomic E-state index is 0.0852. The number of carbonyl (C=O) groups is 4. The first kappa shape index (κ1) is 19.9. The Morgan fingerprint density at radius 2 is 1.09 bits per heavy atom. The lowest BCUT2D eigenvalue weighted by Gasteiger charge is -2.11. The topological polar surface area (TPSA) is 127 Å². The van der Waals surface area contributed by atoms with Crippen molar-refractivity contribution in [3.8, 4) is 0 Å². The van der Waals surface area contributed by atoms with E-state index in [-0.39, 0.29) is 25.7 Å². The molecule has 22 heavy (non-hydrogen) atoms. The van der Waals surface area contributed by atoms with Crippen LogP contribution in [0, 0.1) is 0 Å². The number of carboxylic acid groups (broad SMARTS) is 2. The zero-order valence-corrected chi connectivity index (χ0v) is 12.7. The first-order valence-electron chi connectivity index (χ1n) is 7.03. The molecule has 0 aliphatic heterocycles. The standard InChI is InChI=1S/C14H22O8/c1-9(7-11(15)16)21-13(19)5-3-4-6-14(20)22-10(2)8-12(17)18/h9-10H,3-8H2,1-2H3,(H,15,16)(H,17,18). The van der Waals surface area contributed by atoms with Gasteiger partial charge in [-0.3, -0.25) is 19.2 Å². The maximum absolute atomic E-state index is 11.4. The Morgan fingerprint density at radius 1 is 0.773 bits per heavy atom. The SMILES string of the molecule is CC(CC(=O)O)OC(=O)CCCCC(=O)OC(C)CC(=O)O. The number of rotatable bonds is 11. The van der Waals surface area contributed by atoms with Crippen molar-refractivity contribution in [3.63, 3.8) is 0 Å². The number of ether oxygens (including phenoxy) is 2. The average Bonchev–Trinajstić information content (AvgIpc) is 2.32. The van der Waals surface area contributed by atoms with Crippen LogP contribution in [0.2, 0.25) is 0 Å². The molecule has 2 N–H and O–H groups in total. The molecule has 0 saturated carbocycles. The summed E-state index contributed by atoms with van der Waals surface area (Å²) in [7, 11) is 0. The van der Waals surface area contributed by atoms with Crippen molar-refractivity contribution >= 4 is 23.9 Å². The van der Waals surface area contributed by atoms with Crippen LogP contribution in [-0.2, 0) is 28.7 Å². The summed E-state index contributed by atoms with van der Waals surface area (Å²) in [4.78, 5) is 43.6. The largest absolute Gasteiger partial charge is 0.481 e. The van der Waals surface area contributed by atoms with Gasteiger partial charge in [-0.1, -0.05) is 0 Å². The first-order valence-corrected chi connectivity index (χ1v) is 7.03. The lowest BCUT2D eigenvalue weighted by Crippen LogP contribution is -2.19. The number of carboxylic acids is 2. The fraction of sp³-hybridized carbons (Fsp3) is 0.714. The molecule has 0 rings (SSSR count). The number of unbranched alkanes of at least 4 members (excludes halogenated alkanes) is 1. The molecule has 8 heteroatoms. The smallest absolute Gasteiger partial charge is 0.307 e. The summed E-state index contributed by atoms with van der Waals surface area (Å²) in [5.41, 5.74) is 0. The van der Waals surface area contributed by atoms with E-state index in [0.29, 0.717) is 12.8 Å².